The highest BCUT2D eigenvalue weighted by Gasteiger charge is 1.98. The number of benzene rings is 2. The first-order chi connectivity index (χ1) is 11.6. The molecule has 2 rings (SSSR count). The van der Waals surface area contributed by atoms with Gasteiger partial charge in [0.25, 0.3) is 0 Å². The van der Waals surface area contributed by atoms with Crippen LogP contribution in [0.25, 0.3) is 6.08 Å². The zero-order valence-corrected chi connectivity index (χ0v) is 13.9. The number of hydrogen-bond donors (Lipinski definition) is 2. The first-order valence-corrected chi connectivity index (χ1v) is 8.11. The Bertz CT molecular complexity index is 688. The minimum absolute atomic E-state index is 0.423. The summed E-state index contributed by atoms with van der Waals surface area (Å²) in [7, 11) is 0. The quantitative estimate of drug-likeness (QED) is 0.411. The molecule has 0 saturated carbocycles. The summed E-state index contributed by atoms with van der Waals surface area (Å²) in [6, 6.07) is 18.2. The maximum absolute atomic E-state index is 10.5. The lowest BCUT2D eigenvalue weighted by Gasteiger charge is -2.07. The standard InChI is InChI=1S/C21H23NO2/c1-17(19-8-3-2-4-9-19)7-5-6-16-22-20-13-10-18(11-14-20)12-15-21(23)24/h2-5,7-15,17,22H,6,16H2,1H3,(H,23,24)/b7-5+,15-12+. The number of allylic oxidation sites excluding steroid dienone is 1. The van der Waals surface area contributed by atoms with Gasteiger partial charge in [-0.15, -0.1) is 0 Å². The first kappa shape index (κ1) is 17.5. The van der Waals surface area contributed by atoms with Crippen molar-refractivity contribution in [2.45, 2.75) is 19.3 Å². The minimum atomic E-state index is -0.936. The molecule has 0 aliphatic heterocycles. The van der Waals surface area contributed by atoms with Crippen LogP contribution in [-0.2, 0) is 4.79 Å². The molecule has 0 aromatic heterocycles. The van der Waals surface area contributed by atoms with Crippen LogP contribution in [0.1, 0.15) is 30.4 Å². The van der Waals surface area contributed by atoms with Crippen LogP contribution in [0.5, 0.6) is 0 Å². The van der Waals surface area contributed by atoms with E-state index in [1.165, 1.54) is 5.56 Å². The summed E-state index contributed by atoms with van der Waals surface area (Å²) in [6.45, 7) is 3.06. The molecule has 2 aromatic carbocycles. The van der Waals surface area contributed by atoms with Crippen molar-refractivity contribution < 1.29 is 9.90 Å². The molecule has 2 aromatic rings. The molecule has 0 bridgehead atoms. The van der Waals surface area contributed by atoms with Crippen LogP contribution in [0.2, 0.25) is 0 Å². The van der Waals surface area contributed by atoms with Crippen molar-refractivity contribution in [3.05, 3.63) is 84.0 Å². The number of aliphatic carboxylic acids is 1. The minimum Gasteiger partial charge on any atom is -0.478 e. The lowest BCUT2D eigenvalue weighted by molar-refractivity contribution is -0.131. The summed E-state index contributed by atoms with van der Waals surface area (Å²) >= 11 is 0. The Labute approximate surface area is 143 Å². The molecule has 3 nitrogen and oxygen atoms in total. The normalized spacial score (nSPS) is 12.5. The molecule has 0 spiro atoms. The van der Waals surface area contributed by atoms with E-state index in [4.69, 9.17) is 5.11 Å². The van der Waals surface area contributed by atoms with E-state index >= 15 is 0 Å². The summed E-state index contributed by atoms with van der Waals surface area (Å²) < 4.78 is 0. The zero-order valence-electron chi connectivity index (χ0n) is 13.9. The Kier molecular flexibility index (Phi) is 6.84. The SMILES string of the molecule is CC(/C=C/CCNc1ccc(/C=C/C(=O)O)cc1)c1ccccc1. The fraction of sp³-hybridized carbons (Fsp3) is 0.190. The second kappa shape index (κ2) is 9.36. The predicted molar refractivity (Wildman–Crippen MR) is 100 cm³/mol. The summed E-state index contributed by atoms with van der Waals surface area (Å²) in [5.74, 6) is -0.514. The Hall–Kier alpha value is -2.81. The van der Waals surface area contributed by atoms with Crippen LogP contribution >= 0.6 is 0 Å². The number of hydrogen-bond acceptors (Lipinski definition) is 2. The van der Waals surface area contributed by atoms with Gasteiger partial charge in [0.15, 0.2) is 0 Å². The molecule has 24 heavy (non-hydrogen) atoms. The highest BCUT2D eigenvalue weighted by molar-refractivity contribution is 5.85. The van der Waals surface area contributed by atoms with Crippen molar-refractivity contribution in [2.24, 2.45) is 0 Å². The third kappa shape index (κ3) is 6.13. The van der Waals surface area contributed by atoms with E-state index in [2.05, 4.69) is 48.7 Å². The van der Waals surface area contributed by atoms with Gasteiger partial charge in [-0.1, -0.05) is 61.5 Å². The van der Waals surface area contributed by atoms with Crippen molar-refractivity contribution in [1.82, 2.24) is 0 Å². The number of rotatable bonds is 8. The van der Waals surface area contributed by atoms with Gasteiger partial charge < -0.3 is 10.4 Å². The van der Waals surface area contributed by atoms with Crippen molar-refractivity contribution in [3.63, 3.8) is 0 Å². The van der Waals surface area contributed by atoms with E-state index in [1.807, 2.05) is 30.3 Å². The Balaban J connectivity index is 1.74. The summed E-state index contributed by atoms with van der Waals surface area (Å²) in [6.07, 6.45) is 8.12. The Morgan fingerprint density at radius 1 is 1.12 bits per heavy atom. The van der Waals surface area contributed by atoms with E-state index in [0.717, 1.165) is 30.3 Å². The zero-order chi connectivity index (χ0) is 17.2. The average Bonchev–Trinajstić information content (AvgIpc) is 2.61. The molecule has 0 fully saturated rings. The van der Waals surface area contributed by atoms with Crippen molar-refractivity contribution >= 4 is 17.7 Å². The number of carboxylic acid groups (broad SMARTS) is 1. The molecule has 0 heterocycles. The fourth-order valence-corrected chi connectivity index (χ4v) is 2.35. The second-order valence-corrected chi connectivity index (χ2v) is 5.64. The smallest absolute Gasteiger partial charge is 0.328 e. The fourth-order valence-electron chi connectivity index (χ4n) is 2.35. The second-order valence-electron chi connectivity index (χ2n) is 5.64. The van der Waals surface area contributed by atoms with Gasteiger partial charge in [-0.2, -0.15) is 0 Å². The van der Waals surface area contributed by atoms with Crippen LogP contribution in [0, 0.1) is 0 Å². The number of anilines is 1. The van der Waals surface area contributed by atoms with Crippen LogP contribution in [0.15, 0.2) is 72.8 Å². The molecule has 3 heteroatoms. The van der Waals surface area contributed by atoms with Crippen LogP contribution in [0.3, 0.4) is 0 Å². The van der Waals surface area contributed by atoms with Crippen LogP contribution < -0.4 is 5.32 Å². The van der Waals surface area contributed by atoms with E-state index in [9.17, 15) is 4.79 Å². The molecule has 0 radical (unpaired) electrons. The third-order valence-corrected chi connectivity index (χ3v) is 3.72. The van der Waals surface area contributed by atoms with Gasteiger partial charge >= 0.3 is 5.97 Å². The Morgan fingerprint density at radius 3 is 2.50 bits per heavy atom. The molecular formula is C21H23NO2. The van der Waals surface area contributed by atoms with Crippen molar-refractivity contribution in [3.8, 4) is 0 Å². The summed E-state index contributed by atoms with van der Waals surface area (Å²) in [5.41, 5.74) is 3.23. The summed E-state index contributed by atoms with van der Waals surface area (Å²) in [5, 5.41) is 12.0. The molecule has 0 amide bonds. The highest BCUT2D eigenvalue weighted by Crippen LogP contribution is 2.16. The van der Waals surface area contributed by atoms with E-state index < -0.39 is 5.97 Å². The molecule has 1 atom stereocenters. The molecule has 0 saturated heterocycles. The van der Waals surface area contributed by atoms with Gasteiger partial charge in [0, 0.05) is 18.3 Å². The highest BCUT2D eigenvalue weighted by atomic mass is 16.4. The largest absolute Gasteiger partial charge is 0.478 e. The van der Waals surface area contributed by atoms with Gasteiger partial charge in [0.2, 0.25) is 0 Å². The predicted octanol–water partition coefficient (Wildman–Crippen LogP) is 4.95. The maximum atomic E-state index is 10.5. The topological polar surface area (TPSA) is 49.3 Å². The summed E-state index contributed by atoms with van der Waals surface area (Å²) in [4.78, 5) is 10.5. The van der Waals surface area contributed by atoms with Crippen LogP contribution in [0.4, 0.5) is 5.69 Å². The van der Waals surface area contributed by atoms with Gasteiger partial charge in [0.05, 0.1) is 0 Å². The molecular weight excluding hydrogens is 298 g/mol. The van der Waals surface area contributed by atoms with Gasteiger partial charge in [-0.05, 0) is 41.7 Å². The van der Waals surface area contributed by atoms with Gasteiger partial charge in [-0.3, -0.25) is 0 Å². The molecule has 0 aliphatic carbocycles. The van der Waals surface area contributed by atoms with E-state index in [-0.39, 0.29) is 0 Å². The molecule has 2 N–H and O–H groups in total. The van der Waals surface area contributed by atoms with Gasteiger partial charge in [-0.25, -0.2) is 4.79 Å². The van der Waals surface area contributed by atoms with Crippen LogP contribution in [-0.4, -0.2) is 17.6 Å². The molecule has 0 aliphatic rings. The number of carbonyl (C=O) groups is 1. The first-order valence-electron chi connectivity index (χ1n) is 8.11. The maximum Gasteiger partial charge on any atom is 0.328 e. The van der Waals surface area contributed by atoms with Gasteiger partial charge in [0.1, 0.15) is 0 Å². The van der Waals surface area contributed by atoms with Crippen molar-refractivity contribution in [1.29, 1.82) is 0 Å². The number of carboxylic acids is 1. The number of nitrogens with one attached hydrogen (secondary N) is 1. The molecule has 1 unspecified atom stereocenters. The van der Waals surface area contributed by atoms with E-state index in [1.54, 1.807) is 6.08 Å². The molecule has 124 valence electrons. The van der Waals surface area contributed by atoms with Crippen molar-refractivity contribution in [2.75, 3.05) is 11.9 Å². The Morgan fingerprint density at radius 2 is 1.83 bits per heavy atom. The monoisotopic (exact) mass is 321 g/mol. The lowest BCUT2D eigenvalue weighted by Crippen LogP contribution is -2.00. The lowest BCUT2D eigenvalue weighted by atomic mass is 10.0. The third-order valence-electron chi connectivity index (χ3n) is 3.72. The van der Waals surface area contributed by atoms with E-state index in [0.29, 0.717) is 5.92 Å². The average molecular weight is 321 g/mol.